The molecule has 1 N–H and O–H groups in total. The van der Waals surface area contributed by atoms with Crippen LogP contribution in [0.2, 0.25) is 0 Å². The van der Waals surface area contributed by atoms with Gasteiger partial charge in [-0.15, -0.1) is 24.0 Å². The summed E-state index contributed by atoms with van der Waals surface area (Å²) in [5.41, 5.74) is 0. The maximum Gasteiger partial charge on any atom is 0.193 e. The van der Waals surface area contributed by atoms with Gasteiger partial charge >= 0.3 is 0 Å². The van der Waals surface area contributed by atoms with Gasteiger partial charge in [0.2, 0.25) is 0 Å². The van der Waals surface area contributed by atoms with Crippen LogP contribution >= 0.6 is 35.7 Å². The van der Waals surface area contributed by atoms with E-state index in [1.165, 1.54) is 12.2 Å². The predicted octanol–water partition coefficient (Wildman–Crippen LogP) is 2.74. The second-order valence-corrected chi connectivity index (χ2v) is 6.95. The van der Waals surface area contributed by atoms with E-state index in [-0.39, 0.29) is 24.0 Å². The zero-order chi connectivity index (χ0) is 15.0. The van der Waals surface area contributed by atoms with Crippen molar-refractivity contribution in [3.63, 3.8) is 0 Å². The molecule has 0 spiro atoms. The molecule has 21 heavy (non-hydrogen) atoms. The van der Waals surface area contributed by atoms with E-state index in [4.69, 9.17) is 0 Å². The monoisotopic (exact) mass is 428 g/mol. The summed E-state index contributed by atoms with van der Waals surface area (Å²) >= 11 is 2.10. The van der Waals surface area contributed by atoms with Crippen molar-refractivity contribution in [3.05, 3.63) is 0 Å². The lowest BCUT2D eigenvalue weighted by atomic mass is 10.3. The molecule has 1 heterocycles. The highest BCUT2D eigenvalue weighted by atomic mass is 127. The predicted molar refractivity (Wildman–Crippen MR) is 107 cm³/mol. The maximum absolute atomic E-state index is 4.45. The molecular weight excluding hydrogens is 395 g/mol. The minimum atomic E-state index is 0. The molecule has 1 rings (SSSR count). The smallest absolute Gasteiger partial charge is 0.193 e. The molecule has 1 aliphatic heterocycles. The van der Waals surface area contributed by atoms with Gasteiger partial charge in [0.15, 0.2) is 5.96 Å². The fourth-order valence-electron chi connectivity index (χ4n) is 2.58. The van der Waals surface area contributed by atoms with E-state index in [1.807, 2.05) is 7.05 Å². The van der Waals surface area contributed by atoms with Gasteiger partial charge < -0.3 is 10.2 Å². The number of halogens is 1. The number of aliphatic imine (C=N–C) groups is 1. The Morgan fingerprint density at radius 3 is 2.67 bits per heavy atom. The summed E-state index contributed by atoms with van der Waals surface area (Å²) in [6.45, 7) is 14.4. The van der Waals surface area contributed by atoms with E-state index in [9.17, 15) is 0 Å². The number of rotatable bonds is 6. The van der Waals surface area contributed by atoms with Gasteiger partial charge in [-0.3, -0.25) is 9.89 Å². The van der Waals surface area contributed by atoms with Gasteiger partial charge in [-0.25, -0.2) is 0 Å². The summed E-state index contributed by atoms with van der Waals surface area (Å²) in [6.07, 6.45) is 1.25. The average molecular weight is 428 g/mol. The van der Waals surface area contributed by atoms with Gasteiger partial charge in [0.1, 0.15) is 0 Å². The molecule has 0 aromatic carbocycles. The van der Waals surface area contributed by atoms with Gasteiger partial charge in [-0.1, -0.05) is 13.8 Å². The minimum Gasteiger partial charge on any atom is -0.355 e. The molecule has 0 aliphatic carbocycles. The summed E-state index contributed by atoms with van der Waals surface area (Å²) < 4.78 is 0. The summed E-state index contributed by atoms with van der Waals surface area (Å²) in [4.78, 5) is 9.34. The van der Waals surface area contributed by atoms with Crippen molar-refractivity contribution in [2.45, 2.75) is 45.4 Å². The third-order valence-corrected chi connectivity index (χ3v) is 5.30. The molecule has 126 valence electrons. The Bertz CT molecular complexity index is 299. The zero-order valence-electron chi connectivity index (χ0n) is 14.3. The molecule has 0 saturated carbocycles. The fraction of sp³-hybridized carbons (Fsp3) is 0.933. The highest BCUT2D eigenvalue weighted by Gasteiger charge is 2.21. The maximum atomic E-state index is 4.45. The second-order valence-electron chi connectivity index (χ2n) is 5.54. The Morgan fingerprint density at radius 2 is 2.14 bits per heavy atom. The topological polar surface area (TPSA) is 30.9 Å². The molecule has 0 bridgehead atoms. The number of nitrogens with one attached hydrogen (secondary N) is 1. The number of hydrogen-bond acceptors (Lipinski definition) is 3. The van der Waals surface area contributed by atoms with Crippen LogP contribution < -0.4 is 5.32 Å². The third-order valence-electron chi connectivity index (χ3n) is 3.92. The van der Waals surface area contributed by atoms with Gasteiger partial charge in [0.25, 0.3) is 0 Å². The molecule has 0 aromatic rings. The van der Waals surface area contributed by atoms with E-state index in [0.29, 0.717) is 6.04 Å². The quantitative estimate of drug-likeness (QED) is 0.401. The number of hydrogen-bond donors (Lipinski definition) is 1. The van der Waals surface area contributed by atoms with Crippen LogP contribution in [-0.2, 0) is 0 Å². The molecular formula is C15H33IN4S. The first kappa shape index (κ1) is 21.3. The average Bonchev–Trinajstić information content (AvgIpc) is 2.47. The molecule has 0 radical (unpaired) electrons. The standard InChI is InChI=1S/C15H32N4S.HI/c1-6-14-12-19(10-11-20-14)15(16-5)17-8-9-18(7-2)13(3)4;/h13-14H,6-12H2,1-5H3,(H,16,17);1H. The van der Waals surface area contributed by atoms with E-state index >= 15 is 0 Å². The van der Waals surface area contributed by atoms with Crippen LogP contribution in [0.1, 0.15) is 34.1 Å². The third kappa shape index (κ3) is 7.41. The summed E-state index contributed by atoms with van der Waals surface area (Å²) in [7, 11) is 1.89. The molecule has 1 saturated heterocycles. The van der Waals surface area contributed by atoms with Crippen LogP contribution in [-0.4, -0.2) is 72.6 Å². The van der Waals surface area contributed by atoms with Crippen LogP contribution in [0.25, 0.3) is 0 Å². The molecule has 1 unspecified atom stereocenters. The van der Waals surface area contributed by atoms with Crippen molar-refractivity contribution in [3.8, 4) is 0 Å². The summed E-state index contributed by atoms with van der Waals surface area (Å²) in [5.74, 6) is 2.29. The molecule has 1 aliphatic rings. The first-order chi connectivity index (χ1) is 9.62. The number of likely N-dealkylation sites (N-methyl/N-ethyl adjacent to an activating group) is 1. The van der Waals surface area contributed by atoms with Gasteiger partial charge in [-0.05, 0) is 26.8 Å². The highest BCUT2D eigenvalue weighted by molar-refractivity contribution is 14.0. The Balaban J connectivity index is 0.00000400. The van der Waals surface area contributed by atoms with Crippen molar-refractivity contribution in [1.29, 1.82) is 0 Å². The van der Waals surface area contributed by atoms with E-state index in [0.717, 1.165) is 43.9 Å². The van der Waals surface area contributed by atoms with Crippen LogP contribution in [0.15, 0.2) is 4.99 Å². The molecule has 1 atom stereocenters. The van der Waals surface area contributed by atoms with Crippen molar-refractivity contribution in [2.24, 2.45) is 4.99 Å². The Kier molecular flexibility index (Phi) is 12.0. The Labute approximate surface area is 152 Å². The number of thioether (sulfide) groups is 1. The molecule has 0 amide bonds. The first-order valence-electron chi connectivity index (χ1n) is 7.93. The lowest BCUT2D eigenvalue weighted by Crippen LogP contribution is -2.49. The van der Waals surface area contributed by atoms with Crippen LogP contribution in [0, 0.1) is 0 Å². The van der Waals surface area contributed by atoms with Crippen molar-refractivity contribution < 1.29 is 0 Å². The lowest BCUT2D eigenvalue weighted by molar-refractivity contribution is 0.236. The molecule has 6 heteroatoms. The normalized spacial score (nSPS) is 19.9. The molecule has 1 fully saturated rings. The largest absolute Gasteiger partial charge is 0.355 e. The summed E-state index contributed by atoms with van der Waals surface area (Å²) in [6, 6.07) is 0.611. The second kappa shape index (κ2) is 11.8. The van der Waals surface area contributed by atoms with Crippen LogP contribution in [0.3, 0.4) is 0 Å². The van der Waals surface area contributed by atoms with Crippen LogP contribution in [0.5, 0.6) is 0 Å². The van der Waals surface area contributed by atoms with Crippen molar-refractivity contribution >= 4 is 41.7 Å². The van der Waals surface area contributed by atoms with Crippen molar-refractivity contribution in [2.75, 3.05) is 45.5 Å². The molecule has 0 aromatic heterocycles. The number of guanidine groups is 1. The van der Waals surface area contributed by atoms with Gasteiger partial charge in [0, 0.05) is 50.3 Å². The highest BCUT2D eigenvalue weighted by Crippen LogP contribution is 2.20. The first-order valence-corrected chi connectivity index (χ1v) is 8.98. The molecule has 4 nitrogen and oxygen atoms in total. The Hall–Kier alpha value is 0.310. The van der Waals surface area contributed by atoms with Crippen LogP contribution in [0.4, 0.5) is 0 Å². The Morgan fingerprint density at radius 1 is 1.43 bits per heavy atom. The lowest BCUT2D eigenvalue weighted by Gasteiger charge is -2.34. The minimum absolute atomic E-state index is 0. The fourth-order valence-corrected chi connectivity index (χ4v) is 3.76. The summed E-state index contributed by atoms with van der Waals surface area (Å²) in [5, 5.41) is 4.28. The zero-order valence-corrected chi connectivity index (χ0v) is 17.4. The van der Waals surface area contributed by atoms with Gasteiger partial charge in [0.05, 0.1) is 0 Å². The van der Waals surface area contributed by atoms with E-state index < -0.39 is 0 Å². The van der Waals surface area contributed by atoms with Crippen molar-refractivity contribution in [1.82, 2.24) is 15.1 Å². The van der Waals surface area contributed by atoms with E-state index in [1.54, 1.807) is 0 Å². The SMILES string of the molecule is CCC1CN(C(=NC)NCCN(CC)C(C)C)CCS1.I. The number of nitrogens with zero attached hydrogens (tertiary/aromatic N) is 3. The van der Waals surface area contributed by atoms with E-state index in [2.05, 4.69) is 59.6 Å². The van der Waals surface area contributed by atoms with Gasteiger partial charge in [-0.2, -0.15) is 11.8 Å².